The number of piperidine rings is 1. The summed E-state index contributed by atoms with van der Waals surface area (Å²) in [5.74, 6) is -0.422. The molecule has 5 nitrogen and oxygen atoms in total. The Labute approximate surface area is 113 Å². The van der Waals surface area contributed by atoms with E-state index in [0.29, 0.717) is 18.8 Å². The van der Waals surface area contributed by atoms with Crippen LogP contribution in [0.1, 0.15) is 29.0 Å². The second-order valence-electron chi connectivity index (χ2n) is 5.03. The number of rotatable bonds is 2. The number of ether oxygens (including phenoxy) is 1. The maximum Gasteiger partial charge on any atom is 0.310 e. The van der Waals surface area contributed by atoms with Gasteiger partial charge in [-0.25, -0.2) is 0 Å². The van der Waals surface area contributed by atoms with Gasteiger partial charge in [-0.3, -0.25) is 9.59 Å². The van der Waals surface area contributed by atoms with Crippen molar-refractivity contribution in [2.45, 2.75) is 19.8 Å². The monoisotopic (exact) mass is 264 g/mol. The zero-order valence-electron chi connectivity index (χ0n) is 11.7. The van der Waals surface area contributed by atoms with Crippen LogP contribution in [-0.2, 0) is 16.6 Å². The fraction of sp³-hybridized carbons (Fsp3) is 0.571. The molecule has 1 unspecified atom stereocenters. The Balaban J connectivity index is 2.11. The van der Waals surface area contributed by atoms with Crippen molar-refractivity contribution in [1.29, 1.82) is 0 Å². The van der Waals surface area contributed by atoms with Crippen LogP contribution in [0.4, 0.5) is 0 Å². The minimum atomic E-state index is -0.222. The van der Waals surface area contributed by atoms with E-state index in [1.54, 1.807) is 4.90 Å². The van der Waals surface area contributed by atoms with Crippen LogP contribution >= 0.6 is 0 Å². The number of amides is 1. The third-order valence-electron chi connectivity index (χ3n) is 3.84. The summed E-state index contributed by atoms with van der Waals surface area (Å²) in [5.41, 5.74) is 1.72. The number of carbonyl (C=O) groups is 2. The first kappa shape index (κ1) is 13.6. The maximum atomic E-state index is 12.4. The Morgan fingerprint density at radius 2 is 2.11 bits per heavy atom. The maximum absolute atomic E-state index is 12.4. The van der Waals surface area contributed by atoms with Crippen molar-refractivity contribution < 1.29 is 14.3 Å². The van der Waals surface area contributed by atoms with Gasteiger partial charge in [-0.15, -0.1) is 0 Å². The van der Waals surface area contributed by atoms with Gasteiger partial charge in [-0.05, 0) is 31.9 Å². The predicted molar refractivity (Wildman–Crippen MR) is 70.8 cm³/mol. The highest BCUT2D eigenvalue weighted by molar-refractivity contribution is 5.93. The molecule has 0 radical (unpaired) electrons. The van der Waals surface area contributed by atoms with E-state index in [0.717, 1.165) is 18.5 Å². The number of aromatic nitrogens is 1. The first-order valence-corrected chi connectivity index (χ1v) is 6.54. The molecular formula is C14H20N2O3. The van der Waals surface area contributed by atoms with E-state index in [9.17, 15) is 9.59 Å². The Hall–Kier alpha value is -1.78. The minimum absolute atomic E-state index is 0.01000. The molecule has 5 heteroatoms. The van der Waals surface area contributed by atoms with E-state index in [4.69, 9.17) is 4.74 Å². The lowest BCUT2D eigenvalue weighted by Crippen LogP contribution is -2.43. The Morgan fingerprint density at radius 3 is 2.68 bits per heavy atom. The first-order chi connectivity index (χ1) is 9.04. The van der Waals surface area contributed by atoms with Crippen molar-refractivity contribution in [3.05, 3.63) is 23.5 Å². The number of likely N-dealkylation sites (tertiary alicyclic amines) is 1. The Morgan fingerprint density at radius 1 is 1.37 bits per heavy atom. The van der Waals surface area contributed by atoms with Gasteiger partial charge in [0.15, 0.2) is 0 Å². The van der Waals surface area contributed by atoms with Crippen LogP contribution in [0, 0.1) is 12.8 Å². The highest BCUT2D eigenvalue weighted by Crippen LogP contribution is 2.20. The lowest BCUT2D eigenvalue weighted by atomic mass is 9.98. The van der Waals surface area contributed by atoms with Gasteiger partial charge in [0.05, 0.1) is 13.0 Å². The quantitative estimate of drug-likeness (QED) is 0.758. The standard InChI is InChI=1S/C14H20N2O3/c1-10-6-7-12(15(10)2)13(17)16-8-4-5-11(9-16)14(18)19-3/h6-7,11H,4-5,8-9H2,1-3H3. The zero-order valence-corrected chi connectivity index (χ0v) is 11.7. The van der Waals surface area contributed by atoms with E-state index < -0.39 is 0 Å². The van der Waals surface area contributed by atoms with Gasteiger partial charge in [-0.1, -0.05) is 0 Å². The van der Waals surface area contributed by atoms with E-state index in [1.165, 1.54) is 7.11 Å². The average molecular weight is 264 g/mol. The van der Waals surface area contributed by atoms with E-state index in [2.05, 4.69) is 0 Å². The SMILES string of the molecule is COC(=O)C1CCCN(C(=O)c2ccc(C)n2C)C1. The topological polar surface area (TPSA) is 51.5 Å². The smallest absolute Gasteiger partial charge is 0.310 e. The molecule has 0 aliphatic carbocycles. The Bertz CT molecular complexity index is 493. The van der Waals surface area contributed by atoms with E-state index in [-0.39, 0.29) is 17.8 Å². The molecule has 1 fully saturated rings. The summed E-state index contributed by atoms with van der Waals surface area (Å²) in [6, 6.07) is 3.76. The lowest BCUT2D eigenvalue weighted by molar-refractivity contribution is -0.146. The molecule has 0 spiro atoms. The summed E-state index contributed by atoms with van der Waals surface area (Å²) in [6.07, 6.45) is 1.64. The molecule has 2 rings (SSSR count). The average Bonchev–Trinajstić information content (AvgIpc) is 2.77. The third-order valence-corrected chi connectivity index (χ3v) is 3.84. The summed E-state index contributed by atoms with van der Waals surface area (Å²) in [7, 11) is 3.27. The van der Waals surface area contributed by atoms with Gasteiger partial charge in [0, 0.05) is 25.8 Å². The molecule has 0 N–H and O–H groups in total. The van der Waals surface area contributed by atoms with Crippen molar-refractivity contribution in [3.8, 4) is 0 Å². The fourth-order valence-corrected chi connectivity index (χ4v) is 2.51. The van der Waals surface area contributed by atoms with Crippen LogP contribution in [0.2, 0.25) is 0 Å². The van der Waals surface area contributed by atoms with Crippen molar-refractivity contribution in [1.82, 2.24) is 9.47 Å². The zero-order chi connectivity index (χ0) is 14.0. The predicted octanol–water partition coefficient (Wildman–Crippen LogP) is 1.36. The molecule has 104 valence electrons. The third kappa shape index (κ3) is 2.64. The molecule has 0 aromatic carbocycles. The summed E-state index contributed by atoms with van der Waals surface area (Å²) in [6.45, 7) is 3.12. The van der Waals surface area contributed by atoms with Gasteiger partial charge >= 0.3 is 5.97 Å². The summed E-state index contributed by atoms with van der Waals surface area (Å²) < 4.78 is 6.65. The molecular weight excluding hydrogens is 244 g/mol. The number of esters is 1. The molecule has 1 atom stereocenters. The second-order valence-corrected chi connectivity index (χ2v) is 5.03. The van der Waals surface area contributed by atoms with Crippen LogP contribution in [0.15, 0.2) is 12.1 Å². The van der Waals surface area contributed by atoms with Crippen molar-refractivity contribution in [3.63, 3.8) is 0 Å². The Kier molecular flexibility index (Phi) is 3.93. The van der Waals surface area contributed by atoms with Crippen LogP contribution in [0.5, 0.6) is 0 Å². The normalized spacial score (nSPS) is 19.3. The molecule has 1 aromatic rings. The molecule has 0 saturated carbocycles. The lowest BCUT2D eigenvalue weighted by Gasteiger charge is -2.31. The molecule has 1 amide bonds. The van der Waals surface area contributed by atoms with Crippen LogP contribution in [0.3, 0.4) is 0 Å². The van der Waals surface area contributed by atoms with Gasteiger partial charge < -0.3 is 14.2 Å². The van der Waals surface area contributed by atoms with Crippen molar-refractivity contribution in [2.75, 3.05) is 20.2 Å². The molecule has 1 aromatic heterocycles. The molecule has 2 heterocycles. The summed E-state index contributed by atoms with van der Waals surface area (Å²) in [5, 5.41) is 0. The van der Waals surface area contributed by atoms with Crippen molar-refractivity contribution in [2.24, 2.45) is 13.0 Å². The number of hydrogen-bond donors (Lipinski definition) is 0. The molecule has 1 aliphatic rings. The minimum Gasteiger partial charge on any atom is -0.469 e. The summed E-state index contributed by atoms with van der Waals surface area (Å²) >= 11 is 0. The first-order valence-electron chi connectivity index (χ1n) is 6.54. The molecule has 19 heavy (non-hydrogen) atoms. The molecule has 1 saturated heterocycles. The van der Waals surface area contributed by atoms with Gasteiger partial charge in [-0.2, -0.15) is 0 Å². The molecule has 1 aliphatic heterocycles. The highest BCUT2D eigenvalue weighted by Gasteiger charge is 2.30. The van der Waals surface area contributed by atoms with Gasteiger partial charge in [0.2, 0.25) is 0 Å². The van der Waals surface area contributed by atoms with Crippen LogP contribution in [-0.4, -0.2) is 41.5 Å². The molecule has 0 bridgehead atoms. The summed E-state index contributed by atoms with van der Waals surface area (Å²) in [4.78, 5) is 25.8. The van der Waals surface area contributed by atoms with E-state index in [1.807, 2.05) is 30.7 Å². The number of hydrogen-bond acceptors (Lipinski definition) is 3. The number of carbonyl (C=O) groups excluding carboxylic acids is 2. The number of aryl methyl sites for hydroxylation is 1. The van der Waals surface area contributed by atoms with Gasteiger partial charge in [0.1, 0.15) is 5.69 Å². The van der Waals surface area contributed by atoms with Gasteiger partial charge in [0.25, 0.3) is 5.91 Å². The highest BCUT2D eigenvalue weighted by atomic mass is 16.5. The van der Waals surface area contributed by atoms with E-state index >= 15 is 0 Å². The number of nitrogens with zero attached hydrogens (tertiary/aromatic N) is 2. The largest absolute Gasteiger partial charge is 0.469 e. The fourth-order valence-electron chi connectivity index (χ4n) is 2.51. The van der Waals surface area contributed by atoms with Crippen LogP contribution in [0.25, 0.3) is 0 Å². The number of methoxy groups -OCH3 is 1. The second kappa shape index (κ2) is 5.47. The van der Waals surface area contributed by atoms with Crippen molar-refractivity contribution >= 4 is 11.9 Å². The van der Waals surface area contributed by atoms with Crippen LogP contribution < -0.4 is 0 Å².